The van der Waals surface area contributed by atoms with E-state index in [0.717, 1.165) is 30.5 Å². The number of piperazine rings is 1. The lowest BCUT2D eigenvalue weighted by atomic mass is 10.3. The van der Waals surface area contributed by atoms with E-state index >= 15 is 0 Å². The molecule has 2 fully saturated rings. The molecule has 1 aromatic heterocycles. The Morgan fingerprint density at radius 1 is 0.852 bits per heavy atom. The first-order chi connectivity index (χ1) is 13.0. The van der Waals surface area contributed by atoms with Crippen LogP contribution in [0.3, 0.4) is 0 Å². The Labute approximate surface area is 160 Å². The van der Waals surface area contributed by atoms with Gasteiger partial charge in [-0.2, -0.15) is 9.29 Å². The lowest BCUT2D eigenvalue weighted by molar-refractivity contribution is 0.383. The van der Waals surface area contributed by atoms with E-state index in [9.17, 15) is 8.42 Å². The normalized spacial score (nSPS) is 18.9. The molecule has 0 aliphatic carbocycles. The Morgan fingerprint density at radius 2 is 1.52 bits per heavy atom. The number of aromatic nitrogens is 2. The zero-order valence-electron chi connectivity index (χ0n) is 15.6. The maximum Gasteiger partial charge on any atom is 0.243 e. The molecular formula is C19H25N5O2S. The fourth-order valence-corrected chi connectivity index (χ4v) is 5.10. The van der Waals surface area contributed by atoms with Crippen LogP contribution in [-0.4, -0.2) is 62.0 Å². The van der Waals surface area contributed by atoms with Crippen LogP contribution in [0, 0.1) is 6.92 Å². The molecule has 7 nitrogen and oxygen atoms in total. The van der Waals surface area contributed by atoms with E-state index in [1.165, 1.54) is 12.8 Å². The van der Waals surface area contributed by atoms with Crippen molar-refractivity contribution in [1.29, 1.82) is 0 Å². The van der Waals surface area contributed by atoms with E-state index in [1.54, 1.807) is 28.6 Å². The number of rotatable bonds is 4. The van der Waals surface area contributed by atoms with Crippen LogP contribution in [0.5, 0.6) is 0 Å². The first-order valence-corrected chi connectivity index (χ1v) is 10.9. The van der Waals surface area contributed by atoms with Crippen LogP contribution < -0.4 is 9.80 Å². The van der Waals surface area contributed by atoms with Crippen molar-refractivity contribution in [2.24, 2.45) is 0 Å². The third-order valence-corrected chi connectivity index (χ3v) is 7.07. The quantitative estimate of drug-likeness (QED) is 0.798. The van der Waals surface area contributed by atoms with Gasteiger partial charge in [0.15, 0.2) is 0 Å². The van der Waals surface area contributed by atoms with Gasteiger partial charge in [0, 0.05) is 51.0 Å². The summed E-state index contributed by atoms with van der Waals surface area (Å²) in [5, 5.41) is 0. The SMILES string of the molecule is Cc1cc(N2CCN(S(=O)(=O)c3ccccc3)CC2)nc(N2CCCC2)n1. The summed E-state index contributed by atoms with van der Waals surface area (Å²) in [6.07, 6.45) is 2.37. The molecule has 0 amide bonds. The van der Waals surface area contributed by atoms with Crippen LogP contribution in [0.1, 0.15) is 18.5 Å². The summed E-state index contributed by atoms with van der Waals surface area (Å²) in [7, 11) is -3.43. The highest BCUT2D eigenvalue weighted by atomic mass is 32.2. The van der Waals surface area contributed by atoms with Crippen LogP contribution in [0.25, 0.3) is 0 Å². The molecule has 144 valence electrons. The molecule has 0 N–H and O–H groups in total. The van der Waals surface area contributed by atoms with Crippen molar-refractivity contribution in [2.75, 3.05) is 49.1 Å². The molecule has 0 unspecified atom stereocenters. The van der Waals surface area contributed by atoms with Gasteiger partial charge in [0.25, 0.3) is 0 Å². The highest BCUT2D eigenvalue weighted by Crippen LogP contribution is 2.23. The van der Waals surface area contributed by atoms with Gasteiger partial charge in [-0.15, -0.1) is 0 Å². The van der Waals surface area contributed by atoms with Crippen molar-refractivity contribution in [3.63, 3.8) is 0 Å². The molecule has 3 heterocycles. The van der Waals surface area contributed by atoms with Crippen molar-refractivity contribution in [3.8, 4) is 0 Å². The maximum atomic E-state index is 12.8. The summed E-state index contributed by atoms with van der Waals surface area (Å²) in [5.74, 6) is 1.68. The number of nitrogens with zero attached hydrogens (tertiary/aromatic N) is 5. The average Bonchev–Trinajstić information content (AvgIpc) is 3.23. The summed E-state index contributed by atoms with van der Waals surface area (Å²) in [4.78, 5) is 14.1. The molecule has 27 heavy (non-hydrogen) atoms. The number of aryl methyl sites for hydroxylation is 1. The molecule has 1 aromatic carbocycles. The average molecular weight is 388 g/mol. The minimum absolute atomic E-state index is 0.354. The Bertz CT molecular complexity index is 890. The predicted molar refractivity (Wildman–Crippen MR) is 106 cm³/mol. The molecule has 2 aliphatic heterocycles. The zero-order valence-corrected chi connectivity index (χ0v) is 16.4. The largest absolute Gasteiger partial charge is 0.354 e. The molecule has 0 spiro atoms. The number of hydrogen-bond acceptors (Lipinski definition) is 6. The van der Waals surface area contributed by atoms with E-state index in [1.807, 2.05) is 19.1 Å². The van der Waals surface area contributed by atoms with Crippen molar-refractivity contribution in [2.45, 2.75) is 24.7 Å². The smallest absolute Gasteiger partial charge is 0.243 e. The lowest BCUT2D eigenvalue weighted by Gasteiger charge is -2.35. The van der Waals surface area contributed by atoms with Crippen LogP contribution in [-0.2, 0) is 10.0 Å². The van der Waals surface area contributed by atoms with Gasteiger partial charge in [0.05, 0.1) is 4.90 Å². The summed E-state index contributed by atoms with van der Waals surface area (Å²) in [6.45, 7) is 6.17. The second-order valence-electron chi connectivity index (χ2n) is 7.07. The van der Waals surface area contributed by atoms with E-state index < -0.39 is 10.0 Å². The first kappa shape index (κ1) is 18.2. The molecule has 4 rings (SSSR count). The molecule has 0 saturated carbocycles. The number of benzene rings is 1. The minimum atomic E-state index is -3.43. The molecule has 2 aromatic rings. The Balaban J connectivity index is 1.48. The fourth-order valence-electron chi connectivity index (χ4n) is 3.66. The predicted octanol–water partition coefficient (Wildman–Crippen LogP) is 1.90. The standard InChI is InChI=1S/C19H25N5O2S/c1-16-15-18(21-19(20-16)23-9-5-6-10-23)22-11-13-24(14-12-22)27(25,26)17-7-3-2-4-8-17/h2-4,7-8,15H,5-6,9-14H2,1H3. The number of anilines is 2. The highest BCUT2D eigenvalue weighted by molar-refractivity contribution is 7.89. The zero-order chi connectivity index (χ0) is 18.9. The maximum absolute atomic E-state index is 12.8. The molecule has 0 radical (unpaired) electrons. The summed E-state index contributed by atoms with van der Waals surface area (Å²) in [5.41, 5.74) is 0.946. The molecule has 2 aliphatic rings. The van der Waals surface area contributed by atoms with Gasteiger partial charge >= 0.3 is 0 Å². The van der Waals surface area contributed by atoms with Crippen molar-refractivity contribution >= 4 is 21.8 Å². The van der Waals surface area contributed by atoms with Gasteiger partial charge in [-0.3, -0.25) is 0 Å². The topological polar surface area (TPSA) is 69.6 Å². The highest BCUT2D eigenvalue weighted by Gasteiger charge is 2.29. The fraction of sp³-hybridized carbons (Fsp3) is 0.474. The van der Waals surface area contributed by atoms with Crippen LogP contribution >= 0.6 is 0 Å². The number of hydrogen-bond donors (Lipinski definition) is 0. The minimum Gasteiger partial charge on any atom is -0.354 e. The summed E-state index contributed by atoms with van der Waals surface area (Å²) < 4.78 is 27.1. The number of sulfonamides is 1. The molecular weight excluding hydrogens is 362 g/mol. The molecule has 2 saturated heterocycles. The Kier molecular flexibility index (Phi) is 5.01. The van der Waals surface area contributed by atoms with Gasteiger partial charge in [-0.05, 0) is 31.9 Å². The third kappa shape index (κ3) is 3.77. The molecule has 0 bridgehead atoms. The van der Waals surface area contributed by atoms with Gasteiger partial charge in [0.2, 0.25) is 16.0 Å². The Morgan fingerprint density at radius 3 is 2.19 bits per heavy atom. The van der Waals surface area contributed by atoms with Gasteiger partial charge in [0.1, 0.15) is 5.82 Å². The van der Waals surface area contributed by atoms with Gasteiger partial charge in [-0.1, -0.05) is 18.2 Å². The van der Waals surface area contributed by atoms with Crippen LogP contribution in [0.2, 0.25) is 0 Å². The lowest BCUT2D eigenvalue weighted by Crippen LogP contribution is -2.49. The second-order valence-corrected chi connectivity index (χ2v) is 9.00. The van der Waals surface area contributed by atoms with E-state index in [2.05, 4.69) is 14.8 Å². The first-order valence-electron chi connectivity index (χ1n) is 9.45. The van der Waals surface area contributed by atoms with Gasteiger partial charge in [-0.25, -0.2) is 13.4 Å². The summed E-state index contributed by atoms with van der Waals surface area (Å²) in [6, 6.07) is 10.6. The van der Waals surface area contributed by atoms with E-state index in [0.29, 0.717) is 31.1 Å². The van der Waals surface area contributed by atoms with Gasteiger partial charge < -0.3 is 9.80 Å². The molecule has 8 heteroatoms. The van der Waals surface area contributed by atoms with E-state index in [4.69, 9.17) is 4.98 Å². The van der Waals surface area contributed by atoms with Crippen molar-refractivity contribution < 1.29 is 8.42 Å². The van der Waals surface area contributed by atoms with Crippen molar-refractivity contribution in [1.82, 2.24) is 14.3 Å². The Hall–Kier alpha value is -2.19. The van der Waals surface area contributed by atoms with E-state index in [-0.39, 0.29) is 0 Å². The van der Waals surface area contributed by atoms with Crippen molar-refractivity contribution in [3.05, 3.63) is 42.1 Å². The monoisotopic (exact) mass is 387 g/mol. The second kappa shape index (κ2) is 7.44. The third-order valence-electron chi connectivity index (χ3n) is 5.16. The molecule has 0 atom stereocenters. The van der Waals surface area contributed by atoms with Crippen LogP contribution in [0.4, 0.5) is 11.8 Å². The van der Waals surface area contributed by atoms with Crippen LogP contribution in [0.15, 0.2) is 41.3 Å². The summed E-state index contributed by atoms with van der Waals surface area (Å²) >= 11 is 0.